The van der Waals surface area contributed by atoms with Crippen LogP contribution in [-0.4, -0.2) is 17.0 Å². The van der Waals surface area contributed by atoms with Crippen LogP contribution >= 0.6 is 0 Å². The van der Waals surface area contributed by atoms with E-state index in [9.17, 15) is 4.79 Å². The molecule has 0 aromatic carbocycles. The molecule has 0 saturated carbocycles. The van der Waals surface area contributed by atoms with Gasteiger partial charge in [-0.3, -0.25) is 4.79 Å². The van der Waals surface area contributed by atoms with E-state index in [1.165, 1.54) is 0 Å². The number of nitrogens with zero attached hydrogens (tertiary/aromatic N) is 1. The van der Waals surface area contributed by atoms with Crippen LogP contribution in [0.1, 0.15) is 45.0 Å². The van der Waals surface area contributed by atoms with Gasteiger partial charge in [0.2, 0.25) is 0 Å². The Bertz CT molecular complexity index is 358. The smallest absolute Gasteiger partial charge is 0.252 e. The molecule has 3 heteroatoms. The molecular weight excluding hydrogens is 200 g/mol. The maximum absolute atomic E-state index is 11.8. The molecule has 0 aliphatic rings. The molecule has 1 aromatic rings. The molecule has 0 atom stereocenters. The number of nitrogens with one attached hydrogen (secondary N) is 1. The fraction of sp³-hybridized carbons (Fsp3) is 0.615. The van der Waals surface area contributed by atoms with Crippen LogP contribution in [0.15, 0.2) is 18.5 Å². The Morgan fingerprint density at radius 2 is 2.06 bits per heavy atom. The van der Waals surface area contributed by atoms with E-state index in [4.69, 9.17) is 0 Å². The Hall–Kier alpha value is -1.25. The summed E-state index contributed by atoms with van der Waals surface area (Å²) in [7, 11) is 0. The average molecular weight is 222 g/mol. The van der Waals surface area contributed by atoms with Gasteiger partial charge in [0, 0.05) is 24.5 Å². The zero-order valence-electron chi connectivity index (χ0n) is 10.9. The molecule has 0 bridgehead atoms. The molecule has 3 nitrogen and oxygen atoms in total. The fourth-order valence-electron chi connectivity index (χ4n) is 1.35. The van der Waals surface area contributed by atoms with Gasteiger partial charge >= 0.3 is 0 Å². The van der Waals surface area contributed by atoms with E-state index < -0.39 is 0 Å². The van der Waals surface area contributed by atoms with Crippen LogP contribution in [0.3, 0.4) is 0 Å². The van der Waals surface area contributed by atoms with Crippen LogP contribution in [-0.2, 0) is 5.54 Å². The van der Waals surface area contributed by atoms with Gasteiger partial charge in [0.25, 0.3) is 5.91 Å². The molecule has 0 saturated heterocycles. The number of carbonyl (C=O) groups is 1. The van der Waals surface area contributed by atoms with Gasteiger partial charge in [-0.1, -0.05) is 13.8 Å². The highest BCUT2D eigenvalue weighted by molar-refractivity contribution is 5.94. The third-order valence-electron chi connectivity index (χ3n) is 2.40. The second-order valence-electron chi connectivity index (χ2n) is 5.58. The number of hydrogen-bond acceptors (Lipinski definition) is 1. The van der Waals surface area contributed by atoms with Crippen molar-refractivity contribution in [3.05, 3.63) is 24.0 Å². The number of aromatic nitrogens is 1. The quantitative estimate of drug-likeness (QED) is 0.838. The summed E-state index contributed by atoms with van der Waals surface area (Å²) < 4.78 is 2.05. The maximum atomic E-state index is 11.8. The van der Waals surface area contributed by atoms with Crippen LogP contribution in [0, 0.1) is 5.92 Å². The normalized spacial score (nSPS) is 11.9. The van der Waals surface area contributed by atoms with Crippen molar-refractivity contribution in [3.63, 3.8) is 0 Å². The summed E-state index contributed by atoms with van der Waals surface area (Å²) in [5, 5.41) is 2.91. The van der Waals surface area contributed by atoms with Crippen molar-refractivity contribution < 1.29 is 4.79 Å². The highest BCUT2D eigenvalue weighted by Crippen LogP contribution is 2.15. The first-order valence-corrected chi connectivity index (χ1v) is 5.77. The summed E-state index contributed by atoms with van der Waals surface area (Å²) in [6, 6.07) is 1.86. The van der Waals surface area contributed by atoms with Crippen molar-refractivity contribution in [3.8, 4) is 0 Å². The first-order valence-electron chi connectivity index (χ1n) is 5.77. The van der Waals surface area contributed by atoms with Gasteiger partial charge in [0.1, 0.15) is 0 Å². The van der Waals surface area contributed by atoms with Crippen molar-refractivity contribution in [2.75, 3.05) is 6.54 Å². The van der Waals surface area contributed by atoms with E-state index in [0.29, 0.717) is 5.92 Å². The summed E-state index contributed by atoms with van der Waals surface area (Å²) >= 11 is 0. The second kappa shape index (κ2) is 4.73. The minimum absolute atomic E-state index is 0.0108. The van der Waals surface area contributed by atoms with E-state index in [0.717, 1.165) is 12.1 Å². The summed E-state index contributed by atoms with van der Waals surface area (Å²) in [6.07, 6.45) is 3.85. The Kier molecular flexibility index (Phi) is 3.79. The molecule has 1 N–H and O–H groups in total. The molecule has 90 valence electrons. The molecular formula is C13H22N2O. The maximum Gasteiger partial charge on any atom is 0.252 e. The van der Waals surface area contributed by atoms with E-state index in [-0.39, 0.29) is 11.4 Å². The predicted molar refractivity (Wildman–Crippen MR) is 66.6 cm³/mol. The number of rotatable bonds is 3. The first kappa shape index (κ1) is 12.8. The Balaban J connectivity index is 2.67. The highest BCUT2D eigenvalue weighted by atomic mass is 16.1. The van der Waals surface area contributed by atoms with Crippen molar-refractivity contribution in [1.82, 2.24) is 9.88 Å². The van der Waals surface area contributed by atoms with Gasteiger partial charge in [0.15, 0.2) is 0 Å². The van der Waals surface area contributed by atoms with Gasteiger partial charge in [-0.25, -0.2) is 0 Å². The lowest BCUT2D eigenvalue weighted by Crippen LogP contribution is -2.27. The van der Waals surface area contributed by atoms with E-state index in [1.807, 2.05) is 18.5 Å². The highest BCUT2D eigenvalue weighted by Gasteiger charge is 2.14. The molecule has 0 aliphatic heterocycles. The van der Waals surface area contributed by atoms with E-state index >= 15 is 0 Å². The molecule has 16 heavy (non-hydrogen) atoms. The molecule has 1 amide bonds. The number of carbonyl (C=O) groups excluding carboxylic acids is 1. The topological polar surface area (TPSA) is 34.0 Å². The Labute approximate surface area is 97.8 Å². The Morgan fingerprint density at radius 3 is 2.50 bits per heavy atom. The molecule has 0 spiro atoms. The first-order chi connectivity index (χ1) is 7.30. The molecule has 1 heterocycles. The molecule has 1 aromatic heterocycles. The third kappa shape index (κ3) is 3.40. The summed E-state index contributed by atoms with van der Waals surface area (Å²) in [6.45, 7) is 11.2. The SMILES string of the molecule is CC(C)CNC(=O)c1ccn(C(C)(C)C)c1. The molecule has 0 radical (unpaired) electrons. The van der Waals surface area contributed by atoms with Crippen LogP contribution < -0.4 is 5.32 Å². The van der Waals surface area contributed by atoms with Gasteiger partial charge in [-0.15, -0.1) is 0 Å². The standard InChI is InChI=1S/C13H22N2O/c1-10(2)8-14-12(16)11-6-7-15(9-11)13(3,4)5/h6-7,9-10H,8H2,1-5H3,(H,14,16). The second-order valence-corrected chi connectivity index (χ2v) is 5.58. The van der Waals surface area contributed by atoms with E-state index in [1.54, 1.807) is 0 Å². The lowest BCUT2D eigenvalue weighted by molar-refractivity contribution is 0.0949. The molecule has 0 fully saturated rings. The zero-order chi connectivity index (χ0) is 12.3. The van der Waals surface area contributed by atoms with Crippen molar-refractivity contribution >= 4 is 5.91 Å². The van der Waals surface area contributed by atoms with Crippen LogP contribution in [0.25, 0.3) is 0 Å². The van der Waals surface area contributed by atoms with Gasteiger partial charge in [0.05, 0.1) is 5.56 Å². The van der Waals surface area contributed by atoms with Gasteiger partial charge < -0.3 is 9.88 Å². The number of amides is 1. The summed E-state index contributed by atoms with van der Waals surface area (Å²) in [5.41, 5.74) is 0.756. The van der Waals surface area contributed by atoms with Crippen molar-refractivity contribution in [2.45, 2.75) is 40.2 Å². The minimum atomic E-state index is 0.0108. The van der Waals surface area contributed by atoms with Gasteiger partial charge in [-0.2, -0.15) is 0 Å². The largest absolute Gasteiger partial charge is 0.352 e. The molecule has 0 unspecified atom stereocenters. The van der Waals surface area contributed by atoms with Crippen LogP contribution in [0.4, 0.5) is 0 Å². The monoisotopic (exact) mass is 222 g/mol. The van der Waals surface area contributed by atoms with Gasteiger partial charge in [-0.05, 0) is 32.8 Å². The lowest BCUT2D eigenvalue weighted by Gasteiger charge is -2.20. The molecule has 1 rings (SSSR count). The zero-order valence-corrected chi connectivity index (χ0v) is 10.9. The number of hydrogen-bond donors (Lipinski definition) is 1. The Morgan fingerprint density at radius 1 is 1.44 bits per heavy atom. The average Bonchev–Trinajstić information content (AvgIpc) is 2.61. The molecule has 0 aliphatic carbocycles. The fourth-order valence-corrected chi connectivity index (χ4v) is 1.35. The van der Waals surface area contributed by atoms with Crippen LogP contribution in [0.5, 0.6) is 0 Å². The van der Waals surface area contributed by atoms with Crippen LogP contribution in [0.2, 0.25) is 0 Å². The van der Waals surface area contributed by atoms with Crippen molar-refractivity contribution in [1.29, 1.82) is 0 Å². The third-order valence-corrected chi connectivity index (χ3v) is 2.40. The van der Waals surface area contributed by atoms with E-state index in [2.05, 4.69) is 44.5 Å². The summed E-state index contributed by atoms with van der Waals surface area (Å²) in [5.74, 6) is 0.491. The lowest BCUT2D eigenvalue weighted by atomic mass is 10.1. The predicted octanol–water partition coefficient (Wildman–Crippen LogP) is 2.63. The van der Waals surface area contributed by atoms with Crippen molar-refractivity contribution in [2.24, 2.45) is 5.92 Å². The summed E-state index contributed by atoms with van der Waals surface area (Å²) in [4.78, 5) is 11.8. The minimum Gasteiger partial charge on any atom is -0.352 e.